The molecule has 2 N–H and O–H groups in total. The molecule has 0 aliphatic heterocycles. The van der Waals surface area contributed by atoms with Crippen molar-refractivity contribution in [2.75, 3.05) is 0 Å². The van der Waals surface area contributed by atoms with Crippen molar-refractivity contribution in [3.05, 3.63) is 88.3 Å². The predicted molar refractivity (Wildman–Crippen MR) is 122 cm³/mol. The van der Waals surface area contributed by atoms with Crippen molar-refractivity contribution < 1.29 is 58.5 Å². The number of hydrogen-bond acceptors (Lipinski definition) is 7. The largest absolute Gasteiger partial charge is 1.00 e. The molecule has 184 valence electrons. The molecule has 1 aromatic heterocycles. The van der Waals surface area contributed by atoms with Crippen molar-refractivity contribution in [1.82, 2.24) is 20.2 Å². The summed E-state index contributed by atoms with van der Waals surface area (Å²) in [6.07, 6.45) is -0.868. The van der Waals surface area contributed by atoms with E-state index in [4.69, 9.17) is 0 Å². The van der Waals surface area contributed by atoms with Crippen LogP contribution in [0.25, 0.3) is 11.1 Å². The van der Waals surface area contributed by atoms with Gasteiger partial charge in [-0.05, 0) is 47.5 Å². The van der Waals surface area contributed by atoms with Gasteiger partial charge < -0.3 is 20.1 Å². The van der Waals surface area contributed by atoms with Crippen molar-refractivity contribution in [2.24, 2.45) is 7.05 Å². The van der Waals surface area contributed by atoms with Crippen LogP contribution in [-0.2, 0) is 11.8 Å². The second kappa shape index (κ2) is 13.0. The van der Waals surface area contributed by atoms with Crippen LogP contribution in [0.4, 0.5) is 8.78 Å². The van der Waals surface area contributed by atoms with Gasteiger partial charge in [0.25, 0.3) is 0 Å². The van der Waals surface area contributed by atoms with Gasteiger partial charge in [0, 0.05) is 48.1 Å². The first-order valence-corrected chi connectivity index (χ1v) is 10.8. The molecular weight excluding hydrogens is 481 g/mol. The van der Waals surface area contributed by atoms with Crippen LogP contribution < -0.4 is 34.7 Å². The number of nitrogens with zero attached hydrogens (tertiary/aromatic N) is 4. The summed E-state index contributed by atoms with van der Waals surface area (Å²) in [6, 6.07) is 9.07. The zero-order valence-electron chi connectivity index (χ0n) is 20.4. The Bertz CT molecular complexity index is 1240. The summed E-state index contributed by atoms with van der Waals surface area (Å²) in [4.78, 5) is 10.7. The zero-order chi connectivity index (χ0) is 25.7. The summed E-state index contributed by atoms with van der Waals surface area (Å²) < 4.78 is 31.7. The maximum atomic E-state index is 15.2. The first-order chi connectivity index (χ1) is 16.6. The van der Waals surface area contributed by atoms with Gasteiger partial charge >= 0.3 is 29.6 Å². The third-order valence-corrected chi connectivity index (χ3v) is 5.32. The Morgan fingerprint density at radius 2 is 1.64 bits per heavy atom. The van der Waals surface area contributed by atoms with Crippen molar-refractivity contribution >= 4 is 17.1 Å². The SMILES string of the molecule is Cc1ccc(C(=C(/C=C/[C@@H](O)C[C@@H](O)CC(=O)[O-])c2nnnn2C)c2ccc(C)cc2F)c(F)c1.[Na+]. The minimum atomic E-state index is -1.45. The van der Waals surface area contributed by atoms with E-state index in [1.807, 2.05) is 0 Å². The average molecular weight is 506 g/mol. The summed E-state index contributed by atoms with van der Waals surface area (Å²) in [5.74, 6) is -2.47. The number of tetrazole rings is 1. The zero-order valence-corrected chi connectivity index (χ0v) is 22.4. The number of carboxylic acids is 1. The molecule has 3 rings (SSSR count). The molecule has 1 heterocycles. The number of aryl methyl sites for hydroxylation is 3. The molecule has 0 aliphatic carbocycles. The Hall–Kier alpha value is -2.76. The van der Waals surface area contributed by atoms with Crippen LogP contribution in [0.2, 0.25) is 0 Å². The molecular formula is C25H25F2N4NaO4. The van der Waals surface area contributed by atoms with Gasteiger partial charge in [0.15, 0.2) is 5.82 Å². The number of carboxylic acid groups (broad SMARTS) is 1. The van der Waals surface area contributed by atoms with Crippen molar-refractivity contribution in [3.63, 3.8) is 0 Å². The number of carbonyl (C=O) groups excluding carboxylic acids is 1. The summed E-state index contributed by atoms with van der Waals surface area (Å²) in [6.45, 7) is 3.45. The Morgan fingerprint density at radius 3 is 2.08 bits per heavy atom. The minimum absolute atomic E-state index is 0. The van der Waals surface area contributed by atoms with E-state index in [0.717, 1.165) is 0 Å². The first-order valence-electron chi connectivity index (χ1n) is 10.8. The number of aromatic nitrogens is 4. The van der Waals surface area contributed by atoms with Gasteiger partial charge in [-0.2, -0.15) is 0 Å². The second-order valence-corrected chi connectivity index (χ2v) is 8.27. The van der Waals surface area contributed by atoms with Gasteiger partial charge in [-0.15, -0.1) is 5.10 Å². The Morgan fingerprint density at radius 1 is 1.08 bits per heavy atom. The molecule has 0 unspecified atom stereocenters. The monoisotopic (exact) mass is 506 g/mol. The molecule has 0 amide bonds. The van der Waals surface area contributed by atoms with Gasteiger partial charge in [0.1, 0.15) is 11.6 Å². The van der Waals surface area contributed by atoms with E-state index in [1.165, 1.54) is 41.1 Å². The maximum absolute atomic E-state index is 15.2. The molecule has 0 fully saturated rings. The molecule has 0 saturated carbocycles. The van der Waals surface area contributed by atoms with E-state index in [0.29, 0.717) is 11.1 Å². The van der Waals surface area contributed by atoms with Gasteiger partial charge in [-0.1, -0.05) is 36.4 Å². The Labute approximate surface area is 229 Å². The quantitative estimate of drug-likeness (QED) is 0.278. The van der Waals surface area contributed by atoms with E-state index in [1.54, 1.807) is 33.0 Å². The molecule has 0 radical (unpaired) electrons. The number of benzene rings is 2. The molecule has 11 heteroatoms. The fraction of sp³-hybridized carbons (Fsp3) is 0.280. The Kier molecular flexibility index (Phi) is 10.6. The summed E-state index contributed by atoms with van der Waals surface area (Å²) in [5.41, 5.74) is 1.88. The minimum Gasteiger partial charge on any atom is -0.550 e. The van der Waals surface area contributed by atoms with Crippen LogP contribution in [0.15, 0.2) is 48.6 Å². The molecule has 8 nitrogen and oxygen atoms in total. The molecule has 0 bridgehead atoms. The van der Waals surface area contributed by atoms with Gasteiger partial charge in [-0.3, -0.25) is 0 Å². The van der Waals surface area contributed by atoms with Gasteiger partial charge in [-0.25, -0.2) is 13.5 Å². The maximum Gasteiger partial charge on any atom is 1.00 e. The number of allylic oxidation sites excluding steroid dienone is 2. The fourth-order valence-electron chi connectivity index (χ4n) is 3.65. The number of aliphatic hydroxyl groups is 2. The van der Waals surface area contributed by atoms with Crippen molar-refractivity contribution in [2.45, 2.75) is 38.9 Å². The van der Waals surface area contributed by atoms with Crippen LogP contribution in [0.1, 0.15) is 40.9 Å². The third-order valence-electron chi connectivity index (χ3n) is 5.32. The number of halogens is 2. The van der Waals surface area contributed by atoms with E-state index < -0.39 is 36.2 Å². The molecule has 0 saturated heterocycles. The topological polar surface area (TPSA) is 124 Å². The van der Waals surface area contributed by atoms with Crippen LogP contribution in [0.3, 0.4) is 0 Å². The molecule has 2 aromatic carbocycles. The normalized spacial score (nSPS) is 12.8. The van der Waals surface area contributed by atoms with Crippen molar-refractivity contribution in [3.8, 4) is 0 Å². The molecule has 0 spiro atoms. The standard InChI is InChI=1S/C25H26F2N4O4.Na/c1-14-4-7-18(21(26)10-14)24(19-8-5-15(2)11-22(19)27)20(25-28-29-30-31(25)3)9-6-16(32)12-17(33)13-23(34)35;/h4-11,16-17,32-33H,12-13H2,1-3H3,(H,34,35);/q;+1/p-1/b9-6+;/t16-,17-;/m1./s1. The number of hydrogen-bond donors (Lipinski definition) is 2. The number of aliphatic carboxylic acids is 1. The van der Waals surface area contributed by atoms with Gasteiger partial charge in [0.2, 0.25) is 0 Å². The number of aliphatic hydroxyl groups excluding tert-OH is 2. The third kappa shape index (κ3) is 7.37. The van der Waals surface area contributed by atoms with Crippen LogP contribution in [0.5, 0.6) is 0 Å². The van der Waals surface area contributed by atoms with Crippen molar-refractivity contribution in [1.29, 1.82) is 0 Å². The van der Waals surface area contributed by atoms with Gasteiger partial charge in [0.05, 0.1) is 12.2 Å². The number of carbonyl (C=O) groups is 1. The van der Waals surface area contributed by atoms with E-state index in [2.05, 4.69) is 15.5 Å². The van der Waals surface area contributed by atoms with Crippen LogP contribution >= 0.6 is 0 Å². The average Bonchev–Trinajstić information content (AvgIpc) is 3.17. The molecule has 0 aliphatic rings. The Balaban J connectivity index is 0.00000456. The van der Waals surface area contributed by atoms with E-state index in [9.17, 15) is 20.1 Å². The first kappa shape index (κ1) is 29.5. The summed E-state index contributed by atoms with van der Waals surface area (Å²) in [7, 11) is 1.55. The summed E-state index contributed by atoms with van der Waals surface area (Å²) >= 11 is 0. The summed E-state index contributed by atoms with van der Waals surface area (Å²) in [5, 5.41) is 42.3. The van der Waals surface area contributed by atoms with E-state index in [-0.39, 0.29) is 64.1 Å². The smallest absolute Gasteiger partial charge is 0.550 e. The second-order valence-electron chi connectivity index (χ2n) is 8.27. The van der Waals surface area contributed by atoms with E-state index >= 15 is 8.78 Å². The molecule has 3 aromatic rings. The molecule has 36 heavy (non-hydrogen) atoms. The van der Waals surface area contributed by atoms with Crippen LogP contribution in [-0.4, -0.2) is 48.6 Å². The fourth-order valence-corrected chi connectivity index (χ4v) is 3.65. The predicted octanol–water partition coefficient (Wildman–Crippen LogP) is -1.12. The molecule has 2 atom stereocenters. The van der Waals surface area contributed by atoms with Crippen LogP contribution in [0, 0.1) is 25.5 Å². The number of rotatable bonds is 9.